The van der Waals surface area contributed by atoms with Crippen molar-refractivity contribution in [1.82, 2.24) is 15.1 Å². The largest absolute Gasteiger partial charge is 0.393 e. The average Bonchev–Trinajstić information content (AvgIpc) is 3.26. The van der Waals surface area contributed by atoms with Crippen LogP contribution in [0.5, 0.6) is 0 Å². The third kappa shape index (κ3) is 6.18. The second-order valence-corrected chi connectivity index (χ2v) is 15.9. The molecule has 0 aromatic rings. The number of piperazine rings is 1. The molecule has 10 atom stereocenters. The number of hydrogen-bond acceptors (Lipinski definition) is 5. The predicted octanol–water partition coefficient (Wildman–Crippen LogP) is 4.98. The molecule has 0 spiro atoms. The van der Waals surface area contributed by atoms with Crippen LogP contribution in [0.1, 0.15) is 118 Å². The summed E-state index contributed by atoms with van der Waals surface area (Å²) in [7, 11) is 0. The first-order valence-corrected chi connectivity index (χ1v) is 17.7. The van der Waals surface area contributed by atoms with E-state index < -0.39 is 6.04 Å². The Bertz CT molecular complexity index is 951. The van der Waals surface area contributed by atoms with Crippen molar-refractivity contribution in [2.75, 3.05) is 26.2 Å². The summed E-state index contributed by atoms with van der Waals surface area (Å²) in [6, 6.07) is -0.301. The maximum absolute atomic E-state index is 13.6. The summed E-state index contributed by atoms with van der Waals surface area (Å²) in [5.74, 6) is 3.01. The van der Waals surface area contributed by atoms with Crippen molar-refractivity contribution in [3.63, 3.8) is 0 Å². The summed E-state index contributed by atoms with van der Waals surface area (Å²) in [6.07, 6.45) is 12.6. The Morgan fingerprint density at radius 3 is 2.33 bits per heavy atom. The van der Waals surface area contributed by atoms with E-state index in [2.05, 4.69) is 44.8 Å². The van der Waals surface area contributed by atoms with Gasteiger partial charge < -0.3 is 20.4 Å². The third-order valence-corrected chi connectivity index (χ3v) is 13.1. The molecule has 42 heavy (non-hydrogen) atoms. The molecular formula is C35H61N3O4. The predicted molar refractivity (Wildman–Crippen MR) is 167 cm³/mol. The molecule has 0 bridgehead atoms. The SMILES string of the molecule is CCCCCC(=O)N[C@@H](CC(C)C)C(=O)N1CCN([C@H]2C[C@@]3(C)[C@@H](CC[C@@H]4[C@@H]3CC[C@]3(C)[C@@H](O)CC[C@@H]43)C[C@@H]2O)CC1. The van der Waals surface area contributed by atoms with Gasteiger partial charge in [-0.2, -0.15) is 0 Å². The van der Waals surface area contributed by atoms with Gasteiger partial charge in [-0.15, -0.1) is 0 Å². The molecule has 5 fully saturated rings. The lowest BCUT2D eigenvalue weighted by Gasteiger charge is -2.62. The minimum absolute atomic E-state index is 0.00450. The molecular weight excluding hydrogens is 526 g/mol. The average molecular weight is 588 g/mol. The van der Waals surface area contributed by atoms with Gasteiger partial charge in [0.25, 0.3) is 0 Å². The monoisotopic (exact) mass is 587 g/mol. The van der Waals surface area contributed by atoms with Gasteiger partial charge in [-0.25, -0.2) is 0 Å². The van der Waals surface area contributed by atoms with Crippen molar-refractivity contribution >= 4 is 11.8 Å². The number of nitrogens with zero attached hydrogens (tertiary/aromatic N) is 2. The standard InChI is InChI=1S/C35H61N3O4/c1-6-7-8-9-32(41)36-28(20-23(2)3)33(42)38-18-16-37(17-19-38)29-22-35(5)24(21-30(29)39)10-11-25-26-12-13-31(40)34(26,4)15-14-27(25)35/h23-31,39-40H,6-22H2,1-5H3,(H,36,41)/t24-,25-,26-,27-,28-,29-,30-,31-,34-,35-/m0/s1. The van der Waals surface area contributed by atoms with Gasteiger partial charge in [0.2, 0.25) is 11.8 Å². The summed E-state index contributed by atoms with van der Waals surface area (Å²) < 4.78 is 0. The molecule has 4 saturated carbocycles. The molecule has 0 aromatic heterocycles. The minimum Gasteiger partial charge on any atom is -0.393 e. The molecule has 1 saturated heterocycles. The smallest absolute Gasteiger partial charge is 0.245 e. The van der Waals surface area contributed by atoms with E-state index >= 15 is 0 Å². The van der Waals surface area contributed by atoms with E-state index in [-0.39, 0.29) is 40.9 Å². The molecule has 3 N–H and O–H groups in total. The van der Waals surface area contributed by atoms with Gasteiger partial charge in [-0.3, -0.25) is 14.5 Å². The Kier molecular flexibility index (Phi) is 10.0. The molecule has 2 amide bonds. The van der Waals surface area contributed by atoms with Crippen LogP contribution in [0.2, 0.25) is 0 Å². The second-order valence-electron chi connectivity index (χ2n) is 15.9. The summed E-state index contributed by atoms with van der Waals surface area (Å²) in [5, 5.41) is 25.4. The van der Waals surface area contributed by atoms with Crippen LogP contribution in [0.15, 0.2) is 0 Å². The number of hydrogen-bond donors (Lipinski definition) is 3. The van der Waals surface area contributed by atoms with E-state index in [0.717, 1.165) is 58.0 Å². The highest BCUT2D eigenvalue weighted by molar-refractivity contribution is 5.87. The van der Waals surface area contributed by atoms with E-state index in [1.54, 1.807) is 0 Å². The van der Waals surface area contributed by atoms with Gasteiger partial charge in [-0.05, 0) is 105 Å². The highest BCUT2D eigenvalue weighted by Gasteiger charge is 2.61. The van der Waals surface area contributed by atoms with E-state index in [1.807, 2.05) is 4.90 Å². The normalized spacial score (nSPS) is 41.1. The number of nitrogens with one attached hydrogen (secondary N) is 1. The van der Waals surface area contributed by atoms with E-state index in [9.17, 15) is 19.8 Å². The molecule has 5 aliphatic rings. The Morgan fingerprint density at radius 1 is 0.929 bits per heavy atom. The molecule has 240 valence electrons. The fourth-order valence-corrected chi connectivity index (χ4v) is 10.6. The Morgan fingerprint density at radius 2 is 1.64 bits per heavy atom. The lowest BCUT2D eigenvalue weighted by atomic mass is 9.44. The van der Waals surface area contributed by atoms with Crippen molar-refractivity contribution in [3.8, 4) is 0 Å². The van der Waals surface area contributed by atoms with E-state index in [4.69, 9.17) is 0 Å². The summed E-state index contributed by atoms with van der Waals surface area (Å²) in [5.41, 5.74) is 0.336. The number of fused-ring (bicyclic) bond motifs is 5. The maximum Gasteiger partial charge on any atom is 0.245 e. The number of aliphatic hydroxyl groups is 2. The topological polar surface area (TPSA) is 93.1 Å². The molecule has 1 aliphatic heterocycles. The first-order chi connectivity index (χ1) is 20.0. The van der Waals surface area contributed by atoms with Gasteiger partial charge in [0.15, 0.2) is 0 Å². The lowest BCUT2D eigenvalue weighted by Crippen LogP contribution is -2.63. The van der Waals surface area contributed by atoms with Gasteiger partial charge in [0.05, 0.1) is 12.2 Å². The quantitative estimate of drug-likeness (QED) is 0.331. The zero-order chi connectivity index (χ0) is 30.2. The summed E-state index contributed by atoms with van der Waals surface area (Å²) >= 11 is 0. The Hall–Kier alpha value is -1.18. The first-order valence-electron chi connectivity index (χ1n) is 17.7. The first kappa shape index (κ1) is 32.2. The van der Waals surface area contributed by atoms with Crippen LogP contribution < -0.4 is 5.32 Å². The van der Waals surface area contributed by atoms with Crippen LogP contribution in [0.3, 0.4) is 0 Å². The molecule has 0 unspecified atom stereocenters. The molecule has 4 aliphatic carbocycles. The van der Waals surface area contributed by atoms with Gasteiger partial charge in [0, 0.05) is 38.6 Å². The molecule has 1 heterocycles. The number of rotatable bonds is 9. The van der Waals surface area contributed by atoms with E-state index in [0.29, 0.717) is 55.5 Å². The second kappa shape index (κ2) is 13.0. The van der Waals surface area contributed by atoms with Crippen molar-refractivity contribution < 1.29 is 19.8 Å². The maximum atomic E-state index is 13.6. The van der Waals surface area contributed by atoms with Crippen molar-refractivity contribution in [2.45, 2.75) is 142 Å². The molecule has 7 nitrogen and oxygen atoms in total. The van der Waals surface area contributed by atoms with Gasteiger partial charge in [-0.1, -0.05) is 47.5 Å². The summed E-state index contributed by atoms with van der Waals surface area (Å²) in [4.78, 5) is 30.6. The van der Waals surface area contributed by atoms with Crippen LogP contribution in [0.4, 0.5) is 0 Å². The van der Waals surface area contributed by atoms with Crippen molar-refractivity contribution in [1.29, 1.82) is 0 Å². The fourth-order valence-electron chi connectivity index (χ4n) is 10.6. The molecule has 0 aromatic carbocycles. The Balaban J connectivity index is 1.21. The van der Waals surface area contributed by atoms with Crippen LogP contribution >= 0.6 is 0 Å². The van der Waals surface area contributed by atoms with Crippen molar-refractivity contribution in [2.24, 2.45) is 40.4 Å². The number of amides is 2. The lowest BCUT2D eigenvalue weighted by molar-refractivity contribution is -0.157. The molecule has 7 heteroatoms. The highest BCUT2D eigenvalue weighted by atomic mass is 16.3. The zero-order valence-electron chi connectivity index (χ0n) is 27.3. The van der Waals surface area contributed by atoms with Crippen LogP contribution in [-0.2, 0) is 9.59 Å². The zero-order valence-corrected chi connectivity index (χ0v) is 27.3. The summed E-state index contributed by atoms with van der Waals surface area (Å²) in [6.45, 7) is 14.1. The van der Waals surface area contributed by atoms with E-state index in [1.165, 1.54) is 25.7 Å². The number of carbonyl (C=O) groups is 2. The van der Waals surface area contributed by atoms with Gasteiger partial charge >= 0.3 is 0 Å². The highest BCUT2D eigenvalue weighted by Crippen LogP contribution is 2.66. The fraction of sp³-hybridized carbons (Fsp3) is 0.943. The number of carbonyl (C=O) groups excluding carboxylic acids is 2. The third-order valence-electron chi connectivity index (χ3n) is 13.1. The van der Waals surface area contributed by atoms with Crippen molar-refractivity contribution in [3.05, 3.63) is 0 Å². The number of unbranched alkanes of at least 4 members (excludes halogenated alkanes) is 2. The molecule has 5 rings (SSSR count). The molecule has 0 radical (unpaired) electrons. The Labute approximate surface area is 255 Å². The van der Waals surface area contributed by atoms with Crippen LogP contribution in [0.25, 0.3) is 0 Å². The van der Waals surface area contributed by atoms with Gasteiger partial charge in [0.1, 0.15) is 6.04 Å². The van der Waals surface area contributed by atoms with Crippen LogP contribution in [-0.4, -0.2) is 82.3 Å². The van der Waals surface area contributed by atoms with Crippen LogP contribution in [0, 0.1) is 40.4 Å². The number of aliphatic hydroxyl groups excluding tert-OH is 2. The minimum atomic E-state index is -0.448.